The van der Waals surface area contributed by atoms with Gasteiger partial charge < -0.3 is 9.47 Å². The maximum atomic E-state index is 10.0. The molecule has 2 aliphatic rings. The molecule has 1 saturated carbocycles. The lowest BCUT2D eigenvalue weighted by atomic mass is 9.77. The minimum Gasteiger partial charge on any atom is -0.493 e. The first-order valence-electron chi connectivity index (χ1n) is 10.6. The molecule has 29 heavy (non-hydrogen) atoms. The van der Waals surface area contributed by atoms with E-state index in [-0.39, 0.29) is 12.0 Å². The number of ether oxygens (including phenoxy) is 2. The molecule has 2 atom stereocenters. The number of nitriles is 1. The molecule has 4 rings (SSSR count). The number of methoxy groups -OCH3 is 1. The van der Waals surface area contributed by atoms with Crippen LogP contribution in [0.4, 0.5) is 0 Å². The zero-order valence-corrected chi connectivity index (χ0v) is 17.4. The van der Waals surface area contributed by atoms with E-state index < -0.39 is 5.41 Å². The summed E-state index contributed by atoms with van der Waals surface area (Å²) in [7, 11) is 1.69. The van der Waals surface area contributed by atoms with Gasteiger partial charge in [0.05, 0.1) is 24.7 Å². The third-order valence-corrected chi connectivity index (χ3v) is 6.45. The molecule has 2 fully saturated rings. The average Bonchev–Trinajstić information content (AvgIpc) is 3.37. The van der Waals surface area contributed by atoms with Gasteiger partial charge in [0.1, 0.15) is 0 Å². The number of hydrogen-bond acceptors (Lipinski definition) is 4. The monoisotopic (exact) mass is 390 g/mol. The summed E-state index contributed by atoms with van der Waals surface area (Å²) in [5.74, 6) is 1.74. The lowest BCUT2D eigenvalue weighted by Crippen LogP contribution is -2.24. The van der Waals surface area contributed by atoms with Crippen LogP contribution in [0, 0.1) is 16.7 Å². The first-order valence-corrected chi connectivity index (χ1v) is 10.6. The third kappa shape index (κ3) is 4.26. The van der Waals surface area contributed by atoms with Gasteiger partial charge >= 0.3 is 0 Å². The molecule has 152 valence electrons. The molecular weight excluding hydrogens is 360 g/mol. The molecule has 1 aliphatic carbocycles. The van der Waals surface area contributed by atoms with E-state index >= 15 is 0 Å². The van der Waals surface area contributed by atoms with Crippen LogP contribution in [0.2, 0.25) is 0 Å². The standard InChI is InChI=1S/C25H30N2O2/c1-25(17-26)18-27(15-19-8-4-3-5-9-19)16-22(25)20-12-13-23(28-2)24(14-20)29-21-10-6-7-11-21/h3-5,8-9,12-14,21-22H,6-7,10-11,15-16,18H2,1-2H3. The van der Waals surface area contributed by atoms with Crippen LogP contribution in [0.15, 0.2) is 48.5 Å². The highest BCUT2D eigenvalue weighted by molar-refractivity contribution is 5.45. The van der Waals surface area contributed by atoms with Crippen LogP contribution in [-0.4, -0.2) is 31.2 Å². The normalized spacial score (nSPS) is 25.1. The highest BCUT2D eigenvalue weighted by Gasteiger charge is 2.44. The lowest BCUT2D eigenvalue weighted by molar-refractivity contribution is 0.200. The minimum atomic E-state index is -0.423. The van der Waals surface area contributed by atoms with Crippen molar-refractivity contribution in [2.45, 2.75) is 51.2 Å². The minimum absolute atomic E-state index is 0.146. The van der Waals surface area contributed by atoms with Gasteiger partial charge in [-0.05, 0) is 55.9 Å². The zero-order valence-electron chi connectivity index (χ0n) is 17.4. The third-order valence-electron chi connectivity index (χ3n) is 6.45. The molecule has 1 heterocycles. The summed E-state index contributed by atoms with van der Waals surface area (Å²) in [5, 5.41) is 10.0. The first kappa shape index (κ1) is 19.8. The molecule has 0 N–H and O–H groups in total. The first-order chi connectivity index (χ1) is 14.1. The van der Waals surface area contributed by atoms with E-state index in [1.54, 1.807) is 7.11 Å². The Labute approximate surface area is 174 Å². The molecule has 2 unspecified atom stereocenters. The van der Waals surface area contributed by atoms with Crippen molar-refractivity contribution < 1.29 is 9.47 Å². The number of rotatable bonds is 6. The van der Waals surface area contributed by atoms with Crippen molar-refractivity contribution >= 4 is 0 Å². The molecule has 0 bridgehead atoms. The second kappa shape index (κ2) is 8.47. The highest BCUT2D eigenvalue weighted by atomic mass is 16.5. The molecule has 2 aromatic rings. The fourth-order valence-corrected chi connectivity index (χ4v) is 4.84. The van der Waals surface area contributed by atoms with Gasteiger partial charge in [0, 0.05) is 25.6 Å². The van der Waals surface area contributed by atoms with E-state index in [9.17, 15) is 5.26 Å². The number of hydrogen-bond donors (Lipinski definition) is 0. The van der Waals surface area contributed by atoms with Crippen molar-refractivity contribution in [1.29, 1.82) is 5.26 Å². The summed E-state index contributed by atoms with van der Waals surface area (Å²) in [4.78, 5) is 2.39. The van der Waals surface area contributed by atoms with Gasteiger partial charge in [-0.2, -0.15) is 5.26 Å². The SMILES string of the molecule is COc1ccc(C2CN(Cc3ccccc3)CC2(C)C#N)cc1OC1CCCC1. The van der Waals surface area contributed by atoms with E-state index in [1.807, 2.05) is 12.1 Å². The smallest absolute Gasteiger partial charge is 0.161 e. The van der Waals surface area contributed by atoms with Crippen LogP contribution >= 0.6 is 0 Å². The molecular formula is C25H30N2O2. The predicted molar refractivity (Wildman–Crippen MR) is 114 cm³/mol. The van der Waals surface area contributed by atoms with E-state index in [2.05, 4.69) is 54.3 Å². The molecule has 2 aromatic carbocycles. The van der Waals surface area contributed by atoms with E-state index in [1.165, 1.54) is 24.0 Å². The van der Waals surface area contributed by atoms with Crippen molar-refractivity contribution in [1.82, 2.24) is 4.90 Å². The Hall–Kier alpha value is -2.51. The van der Waals surface area contributed by atoms with Gasteiger partial charge in [0.15, 0.2) is 11.5 Å². The van der Waals surface area contributed by atoms with Crippen molar-refractivity contribution in [3.63, 3.8) is 0 Å². The molecule has 1 saturated heterocycles. The van der Waals surface area contributed by atoms with Crippen LogP contribution in [0.5, 0.6) is 11.5 Å². The molecule has 1 aliphatic heterocycles. The highest BCUT2D eigenvalue weighted by Crippen LogP contribution is 2.45. The summed E-state index contributed by atoms with van der Waals surface area (Å²) in [5.41, 5.74) is 2.03. The van der Waals surface area contributed by atoms with Crippen LogP contribution in [0.1, 0.15) is 49.7 Å². The van der Waals surface area contributed by atoms with Crippen LogP contribution in [0.3, 0.4) is 0 Å². The second-order valence-corrected chi connectivity index (χ2v) is 8.67. The van der Waals surface area contributed by atoms with Gasteiger partial charge in [-0.15, -0.1) is 0 Å². The summed E-state index contributed by atoms with van der Waals surface area (Å²) in [6.07, 6.45) is 4.96. The lowest BCUT2D eigenvalue weighted by Gasteiger charge is -2.24. The average molecular weight is 391 g/mol. The van der Waals surface area contributed by atoms with Gasteiger partial charge in [-0.1, -0.05) is 36.4 Å². The van der Waals surface area contributed by atoms with Crippen molar-refractivity contribution in [3.8, 4) is 17.6 Å². The number of likely N-dealkylation sites (tertiary alicyclic amines) is 1. The summed E-state index contributed by atoms with van der Waals surface area (Å²) in [6, 6.07) is 19.3. The number of nitrogens with zero attached hydrogens (tertiary/aromatic N) is 2. The summed E-state index contributed by atoms with van der Waals surface area (Å²) >= 11 is 0. The zero-order chi connectivity index (χ0) is 20.3. The van der Waals surface area contributed by atoms with Crippen molar-refractivity contribution in [2.75, 3.05) is 20.2 Å². The van der Waals surface area contributed by atoms with Gasteiger partial charge in [-0.3, -0.25) is 4.90 Å². The quantitative estimate of drug-likeness (QED) is 0.685. The number of benzene rings is 2. The maximum Gasteiger partial charge on any atom is 0.161 e. The van der Waals surface area contributed by atoms with E-state index in [0.29, 0.717) is 0 Å². The molecule has 4 nitrogen and oxygen atoms in total. The molecule has 0 aromatic heterocycles. The largest absolute Gasteiger partial charge is 0.493 e. The Balaban J connectivity index is 1.57. The van der Waals surface area contributed by atoms with E-state index in [4.69, 9.17) is 9.47 Å². The molecule has 0 amide bonds. The van der Waals surface area contributed by atoms with E-state index in [0.717, 1.165) is 44.0 Å². The van der Waals surface area contributed by atoms with Crippen LogP contribution in [0.25, 0.3) is 0 Å². The predicted octanol–water partition coefficient (Wildman–Crippen LogP) is 5.15. The summed E-state index contributed by atoms with van der Waals surface area (Å²) < 4.78 is 11.9. The van der Waals surface area contributed by atoms with Crippen molar-refractivity contribution in [3.05, 3.63) is 59.7 Å². The molecule has 0 radical (unpaired) electrons. The topological polar surface area (TPSA) is 45.5 Å². The van der Waals surface area contributed by atoms with Crippen LogP contribution < -0.4 is 9.47 Å². The summed E-state index contributed by atoms with van der Waals surface area (Å²) in [6.45, 7) is 4.60. The Morgan fingerprint density at radius 1 is 1.10 bits per heavy atom. The fourth-order valence-electron chi connectivity index (χ4n) is 4.84. The molecule has 4 heteroatoms. The van der Waals surface area contributed by atoms with Gasteiger partial charge in [-0.25, -0.2) is 0 Å². The van der Waals surface area contributed by atoms with Crippen LogP contribution in [-0.2, 0) is 6.54 Å². The Morgan fingerprint density at radius 2 is 1.86 bits per heavy atom. The second-order valence-electron chi connectivity index (χ2n) is 8.67. The Morgan fingerprint density at radius 3 is 2.55 bits per heavy atom. The maximum absolute atomic E-state index is 10.0. The van der Waals surface area contributed by atoms with Gasteiger partial charge in [0.2, 0.25) is 0 Å². The fraction of sp³-hybridized carbons (Fsp3) is 0.480. The Bertz CT molecular complexity index is 870. The Kier molecular flexibility index (Phi) is 5.78. The molecule has 0 spiro atoms. The van der Waals surface area contributed by atoms with Crippen molar-refractivity contribution in [2.24, 2.45) is 5.41 Å². The van der Waals surface area contributed by atoms with Gasteiger partial charge in [0.25, 0.3) is 0 Å².